The summed E-state index contributed by atoms with van der Waals surface area (Å²) in [5, 5.41) is -0.0682. The van der Waals surface area contributed by atoms with Crippen molar-refractivity contribution in [2.75, 3.05) is 19.5 Å². The fourth-order valence-electron chi connectivity index (χ4n) is 2.91. The van der Waals surface area contributed by atoms with Gasteiger partial charge in [-0.2, -0.15) is 0 Å². The Morgan fingerprint density at radius 2 is 2.19 bits per heavy atom. The quantitative estimate of drug-likeness (QED) is 0.853. The third-order valence-electron chi connectivity index (χ3n) is 3.89. The first-order chi connectivity index (χ1) is 9.89. The zero-order valence-corrected chi connectivity index (χ0v) is 12.7. The molecule has 0 saturated carbocycles. The second-order valence-corrected chi connectivity index (χ2v) is 7.46. The van der Waals surface area contributed by atoms with E-state index < -0.39 is 15.7 Å². The Morgan fingerprint density at radius 3 is 2.86 bits per heavy atom. The lowest BCUT2D eigenvalue weighted by Crippen LogP contribution is -2.29. The fourth-order valence-corrected chi connectivity index (χ4v) is 3.76. The minimum absolute atomic E-state index is 0.0682. The fraction of sp³-hybridized carbons (Fsp3) is 0.500. The monoisotopic (exact) mass is 312 g/mol. The molecule has 1 aliphatic rings. The summed E-state index contributed by atoms with van der Waals surface area (Å²) in [4.78, 5) is 4.15. The Hall–Kier alpha value is -1.47. The van der Waals surface area contributed by atoms with Crippen molar-refractivity contribution in [1.29, 1.82) is 0 Å². The van der Waals surface area contributed by atoms with E-state index >= 15 is 0 Å². The van der Waals surface area contributed by atoms with E-state index in [-0.39, 0.29) is 22.6 Å². The molecule has 7 heteroatoms. The van der Waals surface area contributed by atoms with Crippen LogP contribution in [0.1, 0.15) is 19.4 Å². The van der Waals surface area contributed by atoms with Gasteiger partial charge in [0.15, 0.2) is 0 Å². The van der Waals surface area contributed by atoms with Crippen LogP contribution in [0.5, 0.6) is 0 Å². The average molecular weight is 312 g/mol. The summed E-state index contributed by atoms with van der Waals surface area (Å²) in [6.45, 7) is 3.04. The first kappa shape index (κ1) is 14.5. The molecule has 114 valence electrons. The predicted octanol–water partition coefficient (Wildman–Crippen LogP) is 2.18. The maximum absolute atomic E-state index is 14.2. The van der Waals surface area contributed by atoms with Crippen LogP contribution in [0.3, 0.4) is 0 Å². The van der Waals surface area contributed by atoms with Gasteiger partial charge in [-0.25, -0.2) is 17.8 Å². The molecule has 1 aliphatic heterocycles. The Bertz CT molecular complexity index is 785. The molecule has 0 unspecified atom stereocenters. The number of halogens is 1. The average Bonchev–Trinajstić information content (AvgIpc) is 2.80. The molecule has 1 saturated heterocycles. The maximum atomic E-state index is 14.2. The lowest BCUT2D eigenvalue weighted by molar-refractivity contribution is 0.0272. The Labute approximate surface area is 122 Å². The van der Waals surface area contributed by atoms with Crippen molar-refractivity contribution in [3.05, 3.63) is 24.0 Å². The van der Waals surface area contributed by atoms with E-state index in [0.717, 1.165) is 6.26 Å². The summed E-state index contributed by atoms with van der Waals surface area (Å²) >= 11 is 0. The molecule has 21 heavy (non-hydrogen) atoms. The van der Waals surface area contributed by atoms with Crippen LogP contribution in [0, 0.1) is 11.7 Å². The second kappa shape index (κ2) is 5.06. The molecule has 2 aromatic rings. The minimum Gasteiger partial charge on any atom is -0.381 e. The number of nitrogens with zero attached hydrogens (tertiary/aromatic N) is 2. The van der Waals surface area contributed by atoms with E-state index in [4.69, 9.17) is 4.74 Å². The van der Waals surface area contributed by atoms with Crippen LogP contribution < -0.4 is 0 Å². The lowest BCUT2D eigenvalue weighted by Gasteiger charge is -2.31. The van der Waals surface area contributed by atoms with Crippen LogP contribution in [-0.2, 0) is 14.6 Å². The normalized spacial score (nSPS) is 23.6. The molecule has 0 N–H and O–H groups in total. The molecular weight excluding hydrogens is 295 g/mol. The van der Waals surface area contributed by atoms with Crippen LogP contribution in [0.15, 0.2) is 23.4 Å². The van der Waals surface area contributed by atoms with Gasteiger partial charge in [-0.3, -0.25) is 0 Å². The van der Waals surface area contributed by atoms with E-state index in [1.54, 1.807) is 10.6 Å². The number of fused-ring (bicyclic) bond motifs is 1. The highest BCUT2D eigenvalue weighted by atomic mass is 32.2. The van der Waals surface area contributed by atoms with Gasteiger partial charge in [0, 0.05) is 24.8 Å². The zero-order chi connectivity index (χ0) is 15.2. The summed E-state index contributed by atoms with van der Waals surface area (Å²) < 4.78 is 45.3. The molecule has 1 aromatic carbocycles. The van der Waals surface area contributed by atoms with E-state index in [1.807, 2.05) is 6.92 Å². The molecule has 0 bridgehead atoms. The van der Waals surface area contributed by atoms with Crippen molar-refractivity contribution in [2.24, 2.45) is 5.92 Å². The van der Waals surface area contributed by atoms with Crippen molar-refractivity contribution in [1.82, 2.24) is 9.55 Å². The van der Waals surface area contributed by atoms with E-state index in [2.05, 4.69) is 4.98 Å². The molecule has 5 nitrogen and oxygen atoms in total. The van der Waals surface area contributed by atoms with Gasteiger partial charge in [0.1, 0.15) is 11.3 Å². The number of imidazole rings is 1. The van der Waals surface area contributed by atoms with Gasteiger partial charge < -0.3 is 9.30 Å². The van der Waals surface area contributed by atoms with Gasteiger partial charge in [0.2, 0.25) is 15.0 Å². The SMILES string of the molecule is C[C@H]1COCC[C@@H]1n1c(S(C)(=O)=O)nc2cccc(F)c21. The topological polar surface area (TPSA) is 61.2 Å². The Morgan fingerprint density at radius 1 is 1.43 bits per heavy atom. The molecule has 2 heterocycles. The smallest absolute Gasteiger partial charge is 0.228 e. The van der Waals surface area contributed by atoms with Crippen molar-refractivity contribution < 1.29 is 17.5 Å². The Balaban J connectivity index is 2.32. The summed E-state index contributed by atoms with van der Waals surface area (Å²) in [6.07, 6.45) is 1.75. The number of hydrogen-bond acceptors (Lipinski definition) is 4. The molecule has 2 atom stereocenters. The van der Waals surface area contributed by atoms with Gasteiger partial charge in [-0.05, 0) is 18.6 Å². The highest BCUT2D eigenvalue weighted by Gasteiger charge is 2.31. The van der Waals surface area contributed by atoms with Crippen LogP contribution >= 0.6 is 0 Å². The molecule has 1 fully saturated rings. The number of sulfone groups is 1. The highest BCUT2D eigenvalue weighted by Crippen LogP contribution is 2.34. The first-order valence-corrected chi connectivity index (χ1v) is 8.73. The maximum Gasteiger partial charge on any atom is 0.228 e. The van der Waals surface area contributed by atoms with Crippen LogP contribution in [0.4, 0.5) is 4.39 Å². The van der Waals surface area contributed by atoms with Crippen molar-refractivity contribution in [3.63, 3.8) is 0 Å². The number of benzene rings is 1. The minimum atomic E-state index is -3.54. The third-order valence-corrected chi connectivity index (χ3v) is 4.84. The Kier molecular flexibility index (Phi) is 3.49. The van der Waals surface area contributed by atoms with Crippen molar-refractivity contribution >= 4 is 20.9 Å². The number of aromatic nitrogens is 2. The third kappa shape index (κ3) is 2.44. The standard InChI is InChI=1S/C14H17FN2O3S/c1-9-8-20-7-6-12(9)17-13-10(15)4-3-5-11(13)16-14(17)21(2,18)19/h3-5,9,12H,6-8H2,1-2H3/t9-,12-/m0/s1. The lowest BCUT2D eigenvalue weighted by atomic mass is 9.97. The van der Waals surface area contributed by atoms with Crippen LogP contribution in [0.25, 0.3) is 11.0 Å². The van der Waals surface area contributed by atoms with E-state index in [0.29, 0.717) is 25.2 Å². The molecule has 0 aliphatic carbocycles. The van der Waals surface area contributed by atoms with Gasteiger partial charge in [-0.1, -0.05) is 13.0 Å². The molecule has 0 amide bonds. The summed E-state index contributed by atoms with van der Waals surface area (Å²) in [6, 6.07) is 4.36. The second-order valence-electron chi connectivity index (χ2n) is 5.55. The number of para-hydroxylation sites is 1. The highest BCUT2D eigenvalue weighted by molar-refractivity contribution is 7.90. The predicted molar refractivity (Wildman–Crippen MR) is 76.4 cm³/mol. The molecular formula is C14H17FN2O3S. The number of hydrogen-bond donors (Lipinski definition) is 0. The number of ether oxygens (including phenoxy) is 1. The largest absolute Gasteiger partial charge is 0.381 e. The molecule has 3 rings (SSSR count). The summed E-state index contributed by atoms with van der Waals surface area (Å²) in [5.74, 6) is -0.357. The van der Waals surface area contributed by atoms with Gasteiger partial charge >= 0.3 is 0 Å². The molecule has 1 aromatic heterocycles. The first-order valence-electron chi connectivity index (χ1n) is 6.84. The van der Waals surface area contributed by atoms with Gasteiger partial charge in [0.05, 0.1) is 12.1 Å². The van der Waals surface area contributed by atoms with Gasteiger partial charge in [-0.15, -0.1) is 0 Å². The van der Waals surface area contributed by atoms with E-state index in [9.17, 15) is 12.8 Å². The number of rotatable bonds is 2. The van der Waals surface area contributed by atoms with E-state index in [1.165, 1.54) is 12.1 Å². The van der Waals surface area contributed by atoms with Crippen LogP contribution in [0.2, 0.25) is 0 Å². The van der Waals surface area contributed by atoms with Crippen molar-refractivity contribution in [3.8, 4) is 0 Å². The summed E-state index contributed by atoms with van der Waals surface area (Å²) in [7, 11) is -3.54. The molecule has 0 spiro atoms. The van der Waals surface area contributed by atoms with Crippen LogP contribution in [-0.4, -0.2) is 37.4 Å². The zero-order valence-electron chi connectivity index (χ0n) is 11.9. The molecule has 0 radical (unpaired) electrons. The van der Waals surface area contributed by atoms with Crippen molar-refractivity contribution in [2.45, 2.75) is 24.5 Å². The van der Waals surface area contributed by atoms with Gasteiger partial charge in [0.25, 0.3) is 0 Å². The summed E-state index contributed by atoms with van der Waals surface area (Å²) in [5.41, 5.74) is 0.630.